The maximum atomic E-state index is 13.5. The van der Waals surface area contributed by atoms with Gasteiger partial charge in [-0.15, -0.1) is 0 Å². The van der Waals surface area contributed by atoms with Crippen LogP contribution in [0.4, 0.5) is 15.8 Å². The van der Waals surface area contributed by atoms with E-state index in [1.54, 1.807) is 36.3 Å². The topological polar surface area (TPSA) is 71.1 Å². The van der Waals surface area contributed by atoms with Crippen LogP contribution >= 0.6 is 28.1 Å². The van der Waals surface area contributed by atoms with Crippen LogP contribution in [0.1, 0.15) is 12.0 Å². The van der Waals surface area contributed by atoms with E-state index < -0.39 is 11.9 Å². The van der Waals surface area contributed by atoms with E-state index in [0.717, 1.165) is 10.0 Å². The molecule has 186 valence electrons. The first-order valence-electron chi connectivity index (χ1n) is 11.0. The number of amides is 2. The zero-order chi connectivity index (χ0) is 25.8. The number of nitrogens with zero attached hydrogens (tertiary/aromatic N) is 2. The lowest BCUT2D eigenvalue weighted by atomic mass is 10.1. The van der Waals surface area contributed by atoms with E-state index in [1.165, 1.54) is 36.3 Å². The molecule has 1 aliphatic rings. The molecule has 1 aliphatic heterocycles. The van der Waals surface area contributed by atoms with Crippen molar-refractivity contribution in [2.75, 3.05) is 24.4 Å². The number of thiocarbonyl (C=S) groups is 1. The largest absolute Gasteiger partial charge is 0.493 e. The molecule has 2 amide bonds. The third-order valence-electron chi connectivity index (χ3n) is 5.71. The van der Waals surface area contributed by atoms with Gasteiger partial charge in [-0.05, 0) is 78.4 Å². The number of anilines is 2. The molecule has 3 aromatic carbocycles. The smallest absolute Gasteiger partial charge is 0.256 e. The van der Waals surface area contributed by atoms with E-state index in [-0.39, 0.29) is 29.9 Å². The second-order valence-electron chi connectivity index (χ2n) is 8.02. The van der Waals surface area contributed by atoms with Crippen molar-refractivity contribution >= 4 is 56.4 Å². The van der Waals surface area contributed by atoms with Gasteiger partial charge in [0, 0.05) is 16.7 Å². The Labute approximate surface area is 221 Å². The molecule has 1 fully saturated rings. The number of halogens is 2. The van der Waals surface area contributed by atoms with Gasteiger partial charge in [-0.25, -0.2) is 4.39 Å². The zero-order valence-corrected chi connectivity index (χ0v) is 21.9. The first-order valence-corrected chi connectivity index (χ1v) is 12.2. The van der Waals surface area contributed by atoms with Gasteiger partial charge in [-0.1, -0.05) is 22.0 Å². The summed E-state index contributed by atoms with van der Waals surface area (Å²) in [6.07, 6.45) is -0.125. The number of hydrogen-bond donors (Lipinski definition) is 1. The minimum absolute atomic E-state index is 0.125. The van der Waals surface area contributed by atoms with E-state index in [0.29, 0.717) is 22.9 Å². The minimum atomic E-state index is -0.855. The molecule has 0 aliphatic carbocycles. The van der Waals surface area contributed by atoms with Crippen molar-refractivity contribution in [3.8, 4) is 11.5 Å². The van der Waals surface area contributed by atoms with Crippen LogP contribution in [0.2, 0.25) is 0 Å². The van der Waals surface area contributed by atoms with Crippen LogP contribution in [0, 0.1) is 5.82 Å². The summed E-state index contributed by atoms with van der Waals surface area (Å²) >= 11 is 9.05. The maximum absolute atomic E-state index is 13.5. The average molecular weight is 572 g/mol. The summed E-state index contributed by atoms with van der Waals surface area (Å²) < 4.78 is 25.1. The second-order valence-corrected chi connectivity index (χ2v) is 9.31. The Hall–Kier alpha value is -3.50. The van der Waals surface area contributed by atoms with Crippen LogP contribution in [0.15, 0.2) is 71.2 Å². The Kier molecular flexibility index (Phi) is 7.85. The zero-order valence-electron chi connectivity index (χ0n) is 19.5. The van der Waals surface area contributed by atoms with Crippen molar-refractivity contribution in [2.45, 2.75) is 19.0 Å². The van der Waals surface area contributed by atoms with Gasteiger partial charge in [0.15, 0.2) is 16.6 Å². The predicted octanol–water partition coefficient (Wildman–Crippen LogP) is 5.14. The quantitative estimate of drug-likeness (QED) is 0.378. The SMILES string of the molecule is COc1ccc(CN2C(=S)N(c3ccc(F)cc3)C(=O)C2CC(=O)Nc2ccc(Br)cc2)cc1OC. The van der Waals surface area contributed by atoms with Gasteiger partial charge >= 0.3 is 0 Å². The van der Waals surface area contributed by atoms with Crippen LogP contribution in [0.3, 0.4) is 0 Å². The molecule has 3 aromatic rings. The van der Waals surface area contributed by atoms with Crippen LogP contribution < -0.4 is 19.7 Å². The van der Waals surface area contributed by atoms with Gasteiger partial charge in [0.1, 0.15) is 11.9 Å². The third-order valence-corrected chi connectivity index (χ3v) is 6.66. The molecule has 4 rings (SSSR count). The molecule has 0 aromatic heterocycles. The monoisotopic (exact) mass is 571 g/mol. The van der Waals surface area contributed by atoms with Gasteiger partial charge < -0.3 is 19.7 Å². The van der Waals surface area contributed by atoms with E-state index in [2.05, 4.69) is 21.2 Å². The van der Waals surface area contributed by atoms with Crippen LogP contribution in [-0.4, -0.2) is 42.1 Å². The summed E-state index contributed by atoms with van der Waals surface area (Å²) in [5, 5.41) is 3.05. The molecule has 1 saturated heterocycles. The van der Waals surface area contributed by atoms with Crippen molar-refractivity contribution in [3.05, 3.63) is 82.6 Å². The standard InChI is InChI=1S/C26H23BrFN3O4S/c1-34-22-12-3-16(13-23(22)35-2)15-30-21(14-24(32)29-19-8-4-17(27)5-9-19)25(33)31(26(30)36)20-10-6-18(28)7-11-20/h3-13,21H,14-15H2,1-2H3,(H,29,32). The highest BCUT2D eigenvalue weighted by molar-refractivity contribution is 9.10. The normalized spacial score (nSPS) is 15.3. The van der Waals surface area contributed by atoms with Crippen molar-refractivity contribution < 1.29 is 23.5 Å². The lowest BCUT2D eigenvalue weighted by molar-refractivity contribution is -0.124. The van der Waals surface area contributed by atoms with Crippen LogP contribution in [0.25, 0.3) is 0 Å². The van der Waals surface area contributed by atoms with E-state index in [4.69, 9.17) is 21.7 Å². The van der Waals surface area contributed by atoms with Gasteiger partial charge in [-0.3, -0.25) is 14.5 Å². The number of benzene rings is 3. The molecule has 1 N–H and O–H groups in total. The first kappa shape index (κ1) is 25.6. The number of methoxy groups -OCH3 is 2. The molecule has 1 heterocycles. The Morgan fingerprint density at radius 3 is 2.33 bits per heavy atom. The summed E-state index contributed by atoms with van der Waals surface area (Å²) in [7, 11) is 3.09. The fourth-order valence-electron chi connectivity index (χ4n) is 3.94. The summed E-state index contributed by atoms with van der Waals surface area (Å²) in [5.74, 6) is -0.0234. The number of carbonyl (C=O) groups is 2. The number of rotatable bonds is 8. The lowest BCUT2D eigenvalue weighted by Crippen LogP contribution is -2.37. The molecular formula is C26H23BrFN3O4S. The molecule has 36 heavy (non-hydrogen) atoms. The molecule has 1 unspecified atom stereocenters. The molecule has 0 bridgehead atoms. The Balaban J connectivity index is 1.62. The number of hydrogen-bond acceptors (Lipinski definition) is 5. The van der Waals surface area contributed by atoms with Crippen molar-refractivity contribution in [1.29, 1.82) is 0 Å². The first-order chi connectivity index (χ1) is 17.3. The van der Waals surface area contributed by atoms with Crippen molar-refractivity contribution in [1.82, 2.24) is 4.90 Å². The van der Waals surface area contributed by atoms with Crippen LogP contribution in [0.5, 0.6) is 11.5 Å². The second kappa shape index (κ2) is 11.0. The molecule has 1 atom stereocenters. The minimum Gasteiger partial charge on any atom is -0.493 e. The van der Waals surface area contributed by atoms with Gasteiger partial charge in [-0.2, -0.15) is 0 Å². The predicted molar refractivity (Wildman–Crippen MR) is 143 cm³/mol. The molecule has 0 spiro atoms. The molecule has 0 saturated carbocycles. The third kappa shape index (κ3) is 5.50. The molecular weight excluding hydrogens is 549 g/mol. The fourth-order valence-corrected chi connectivity index (χ4v) is 4.59. The number of ether oxygens (including phenoxy) is 2. The molecule has 7 nitrogen and oxygen atoms in total. The summed E-state index contributed by atoms with van der Waals surface area (Å²) in [6, 6.07) is 17.2. The van der Waals surface area contributed by atoms with E-state index in [9.17, 15) is 14.0 Å². The number of nitrogens with one attached hydrogen (secondary N) is 1. The van der Waals surface area contributed by atoms with E-state index >= 15 is 0 Å². The van der Waals surface area contributed by atoms with Crippen molar-refractivity contribution in [3.63, 3.8) is 0 Å². The Morgan fingerprint density at radius 2 is 1.69 bits per heavy atom. The van der Waals surface area contributed by atoms with Gasteiger partial charge in [0.2, 0.25) is 5.91 Å². The van der Waals surface area contributed by atoms with Gasteiger partial charge in [0.05, 0.1) is 26.3 Å². The lowest BCUT2D eigenvalue weighted by Gasteiger charge is -2.24. The fraction of sp³-hybridized carbons (Fsp3) is 0.192. The van der Waals surface area contributed by atoms with Gasteiger partial charge in [0.25, 0.3) is 5.91 Å². The summed E-state index contributed by atoms with van der Waals surface area (Å²) in [4.78, 5) is 29.5. The van der Waals surface area contributed by atoms with Crippen molar-refractivity contribution in [2.24, 2.45) is 0 Å². The highest BCUT2D eigenvalue weighted by Gasteiger charge is 2.44. The molecule has 0 radical (unpaired) electrons. The highest BCUT2D eigenvalue weighted by atomic mass is 79.9. The average Bonchev–Trinajstić information content (AvgIpc) is 3.09. The van der Waals surface area contributed by atoms with Crippen LogP contribution in [-0.2, 0) is 16.1 Å². The highest BCUT2D eigenvalue weighted by Crippen LogP contribution is 2.32. The maximum Gasteiger partial charge on any atom is 0.256 e. The summed E-state index contributed by atoms with van der Waals surface area (Å²) in [6.45, 7) is 0.249. The summed E-state index contributed by atoms with van der Waals surface area (Å²) in [5.41, 5.74) is 1.85. The Bertz CT molecular complexity index is 1290. The number of carbonyl (C=O) groups excluding carboxylic acids is 2. The Morgan fingerprint density at radius 1 is 1.03 bits per heavy atom. The van der Waals surface area contributed by atoms with E-state index in [1.807, 2.05) is 18.2 Å². The molecule has 10 heteroatoms.